The lowest BCUT2D eigenvalue weighted by Gasteiger charge is -2.40. The Morgan fingerprint density at radius 2 is 1.88 bits per heavy atom. The quantitative estimate of drug-likeness (QED) is 0.758. The summed E-state index contributed by atoms with van der Waals surface area (Å²) < 4.78 is 10.8. The molecule has 1 aromatic rings. The van der Waals surface area contributed by atoms with Crippen molar-refractivity contribution in [3.63, 3.8) is 0 Å². The van der Waals surface area contributed by atoms with Crippen molar-refractivity contribution < 1.29 is 23.9 Å². The highest BCUT2D eigenvalue weighted by atomic mass is 16.6. The third-order valence-corrected chi connectivity index (χ3v) is 5.17. The number of carbonyl (C=O) groups is 3. The van der Waals surface area contributed by atoms with E-state index in [9.17, 15) is 14.4 Å². The fourth-order valence-electron chi connectivity index (χ4n) is 3.90. The molecule has 3 rings (SSSR count). The number of Topliss-reactive ketones (excluding diaryl/α,β-unsaturated/α-hetero) is 1. The van der Waals surface area contributed by atoms with Gasteiger partial charge in [-0.2, -0.15) is 0 Å². The van der Waals surface area contributed by atoms with E-state index < -0.39 is 24.0 Å². The summed E-state index contributed by atoms with van der Waals surface area (Å²) in [5.74, 6) is -1.66. The summed E-state index contributed by atoms with van der Waals surface area (Å²) >= 11 is 0. The highest BCUT2D eigenvalue weighted by molar-refractivity contribution is 5.90. The van der Waals surface area contributed by atoms with Crippen LogP contribution in [0.2, 0.25) is 0 Å². The van der Waals surface area contributed by atoms with Gasteiger partial charge in [0.2, 0.25) is 0 Å². The first-order chi connectivity index (χ1) is 12.0. The molecule has 2 bridgehead atoms. The average molecular weight is 345 g/mol. The summed E-state index contributed by atoms with van der Waals surface area (Å²) in [4.78, 5) is 38.3. The van der Waals surface area contributed by atoms with Crippen LogP contribution in [-0.4, -0.2) is 54.5 Å². The van der Waals surface area contributed by atoms with Gasteiger partial charge in [-0.3, -0.25) is 14.5 Å². The van der Waals surface area contributed by atoms with Gasteiger partial charge in [0.1, 0.15) is 18.6 Å². The largest absolute Gasteiger partial charge is 0.458 e. The van der Waals surface area contributed by atoms with Gasteiger partial charge in [-0.1, -0.05) is 18.2 Å². The molecule has 2 aliphatic rings. The highest BCUT2D eigenvalue weighted by Gasteiger charge is 2.51. The van der Waals surface area contributed by atoms with Crippen molar-refractivity contribution in [3.8, 4) is 0 Å². The molecule has 0 aliphatic carbocycles. The molecule has 0 spiro atoms. The van der Waals surface area contributed by atoms with Crippen LogP contribution in [-0.2, 0) is 19.1 Å². The van der Waals surface area contributed by atoms with Crippen LogP contribution >= 0.6 is 0 Å². The van der Waals surface area contributed by atoms with Crippen molar-refractivity contribution in [3.05, 3.63) is 35.9 Å². The SMILES string of the molecule is CC(=O)COC(=O)[C@@H]1C2CCC(C[C@@H]1OC(=O)c1ccccc1)N2C. The first-order valence-corrected chi connectivity index (χ1v) is 8.61. The molecule has 0 aromatic heterocycles. The molecule has 2 heterocycles. The summed E-state index contributed by atoms with van der Waals surface area (Å²) in [6, 6.07) is 9.03. The Bertz CT molecular complexity index is 659. The molecule has 0 N–H and O–H groups in total. The fraction of sp³-hybridized carbons (Fsp3) is 0.526. The molecule has 0 radical (unpaired) electrons. The van der Waals surface area contributed by atoms with Crippen LogP contribution < -0.4 is 0 Å². The van der Waals surface area contributed by atoms with Crippen molar-refractivity contribution in [2.24, 2.45) is 5.92 Å². The number of nitrogens with zero attached hydrogens (tertiary/aromatic N) is 1. The second kappa shape index (κ2) is 7.35. The monoisotopic (exact) mass is 345 g/mol. The van der Waals surface area contributed by atoms with Gasteiger partial charge in [-0.05, 0) is 38.9 Å². The Morgan fingerprint density at radius 1 is 1.16 bits per heavy atom. The van der Waals surface area contributed by atoms with Crippen LogP contribution in [0.3, 0.4) is 0 Å². The molecule has 6 nitrogen and oxygen atoms in total. The van der Waals surface area contributed by atoms with Crippen molar-refractivity contribution in [2.75, 3.05) is 13.7 Å². The number of carbonyl (C=O) groups excluding carboxylic acids is 3. The minimum atomic E-state index is -0.559. The fourth-order valence-corrected chi connectivity index (χ4v) is 3.90. The van der Waals surface area contributed by atoms with Crippen LogP contribution in [0, 0.1) is 5.92 Å². The number of piperidine rings is 1. The minimum Gasteiger partial charge on any atom is -0.458 e. The lowest BCUT2D eigenvalue weighted by molar-refractivity contribution is -0.161. The first kappa shape index (κ1) is 17.6. The Balaban J connectivity index is 1.76. The smallest absolute Gasteiger partial charge is 0.338 e. The maximum absolute atomic E-state index is 12.6. The lowest BCUT2D eigenvalue weighted by atomic mass is 9.87. The molecule has 134 valence electrons. The lowest BCUT2D eigenvalue weighted by Crippen LogP contribution is -2.53. The van der Waals surface area contributed by atoms with Gasteiger partial charge in [-0.15, -0.1) is 0 Å². The van der Waals surface area contributed by atoms with Crippen molar-refractivity contribution in [2.45, 2.75) is 44.4 Å². The Kier molecular flexibility index (Phi) is 5.18. The van der Waals surface area contributed by atoms with Crippen LogP contribution in [0.4, 0.5) is 0 Å². The van der Waals surface area contributed by atoms with E-state index in [0.29, 0.717) is 18.0 Å². The maximum atomic E-state index is 12.6. The summed E-state index contributed by atoms with van der Waals surface area (Å²) in [5.41, 5.74) is 0.463. The summed E-state index contributed by atoms with van der Waals surface area (Å²) in [5, 5.41) is 0. The summed E-state index contributed by atoms with van der Waals surface area (Å²) in [6.45, 7) is 1.13. The van der Waals surface area contributed by atoms with Crippen LogP contribution in [0.25, 0.3) is 0 Å². The number of rotatable bonds is 5. The number of hydrogen-bond acceptors (Lipinski definition) is 6. The Labute approximate surface area is 147 Å². The van der Waals surface area contributed by atoms with E-state index >= 15 is 0 Å². The molecule has 0 amide bonds. The van der Waals surface area contributed by atoms with Gasteiger partial charge in [-0.25, -0.2) is 4.79 Å². The predicted octanol–water partition coefficient (Wildman–Crippen LogP) is 1.83. The number of benzene rings is 1. The first-order valence-electron chi connectivity index (χ1n) is 8.61. The van der Waals surface area contributed by atoms with E-state index in [0.717, 1.165) is 12.8 Å². The number of ether oxygens (including phenoxy) is 2. The molecular weight excluding hydrogens is 322 g/mol. The van der Waals surface area contributed by atoms with Crippen LogP contribution in [0.15, 0.2) is 30.3 Å². The van der Waals surface area contributed by atoms with E-state index in [2.05, 4.69) is 4.90 Å². The molecule has 2 fully saturated rings. The van der Waals surface area contributed by atoms with Gasteiger partial charge in [0, 0.05) is 18.5 Å². The molecule has 2 unspecified atom stereocenters. The Morgan fingerprint density at radius 3 is 2.56 bits per heavy atom. The molecule has 25 heavy (non-hydrogen) atoms. The van der Waals surface area contributed by atoms with Crippen molar-refractivity contribution in [1.29, 1.82) is 0 Å². The molecular formula is C19H23NO5. The number of hydrogen-bond donors (Lipinski definition) is 0. The highest BCUT2D eigenvalue weighted by Crippen LogP contribution is 2.40. The van der Waals surface area contributed by atoms with Gasteiger partial charge < -0.3 is 9.47 Å². The standard InChI is InChI=1S/C19H23NO5/c1-12(21)11-24-19(23)17-15-9-8-14(20(15)2)10-16(17)25-18(22)13-6-4-3-5-7-13/h3-7,14-17H,8-11H2,1-2H3/t14?,15?,16-,17+/m0/s1. The minimum absolute atomic E-state index is 0.0215. The second-order valence-electron chi connectivity index (χ2n) is 6.84. The number of ketones is 1. The maximum Gasteiger partial charge on any atom is 0.338 e. The van der Waals surface area contributed by atoms with Gasteiger partial charge >= 0.3 is 11.9 Å². The van der Waals surface area contributed by atoms with Gasteiger partial charge in [0.15, 0.2) is 5.78 Å². The molecule has 2 aliphatic heterocycles. The van der Waals surface area contributed by atoms with Crippen LogP contribution in [0.5, 0.6) is 0 Å². The summed E-state index contributed by atoms with van der Waals surface area (Å²) in [7, 11) is 1.99. The summed E-state index contributed by atoms with van der Waals surface area (Å²) in [6.07, 6.45) is 1.91. The molecule has 1 aromatic carbocycles. The number of fused-ring (bicyclic) bond motifs is 2. The van der Waals surface area contributed by atoms with E-state index in [1.165, 1.54) is 6.92 Å². The number of esters is 2. The third kappa shape index (κ3) is 3.74. The Hall–Kier alpha value is -2.21. The van der Waals surface area contributed by atoms with Gasteiger partial charge in [0.25, 0.3) is 0 Å². The van der Waals surface area contributed by atoms with Gasteiger partial charge in [0.05, 0.1) is 5.56 Å². The zero-order valence-electron chi connectivity index (χ0n) is 14.5. The third-order valence-electron chi connectivity index (χ3n) is 5.17. The normalized spacial score (nSPS) is 28.4. The van der Waals surface area contributed by atoms with Crippen LogP contribution in [0.1, 0.15) is 36.5 Å². The zero-order chi connectivity index (χ0) is 18.0. The predicted molar refractivity (Wildman–Crippen MR) is 90.0 cm³/mol. The van der Waals surface area contributed by atoms with E-state index in [1.54, 1.807) is 24.3 Å². The molecule has 4 atom stereocenters. The average Bonchev–Trinajstić information content (AvgIpc) is 2.83. The molecule has 0 saturated carbocycles. The molecule has 2 saturated heterocycles. The van der Waals surface area contributed by atoms with E-state index in [-0.39, 0.29) is 18.4 Å². The van der Waals surface area contributed by atoms with Crippen molar-refractivity contribution in [1.82, 2.24) is 4.90 Å². The zero-order valence-corrected chi connectivity index (χ0v) is 14.5. The second-order valence-corrected chi connectivity index (χ2v) is 6.84. The topological polar surface area (TPSA) is 72.9 Å². The molecule has 6 heteroatoms. The van der Waals surface area contributed by atoms with E-state index in [4.69, 9.17) is 9.47 Å². The van der Waals surface area contributed by atoms with Crippen molar-refractivity contribution >= 4 is 17.7 Å². The van der Waals surface area contributed by atoms with E-state index in [1.807, 2.05) is 13.1 Å².